The van der Waals surface area contributed by atoms with E-state index >= 15 is 0 Å². The molecule has 0 saturated carbocycles. The summed E-state index contributed by atoms with van der Waals surface area (Å²) in [6, 6.07) is 32.0. The average molecular weight is 513 g/mol. The lowest BCUT2D eigenvalue weighted by Gasteiger charge is -2.26. The van der Waals surface area contributed by atoms with E-state index in [0.717, 1.165) is 22.3 Å². The summed E-state index contributed by atoms with van der Waals surface area (Å²) in [4.78, 5) is 13.7. The van der Waals surface area contributed by atoms with E-state index in [-0.39, 0.29) is 23.9 Å². The van der Waals surface area contributed by atoms with Gasteiger partial charge in [-0.15, -0.1) is 0 Å². The first kappa shape index (κ1) is 26.3. The number of carbonyl (C=O) groups is 1. The van der Waals surface area contributed by atoms with Crippen LogP contribution in [0.3, 0.4) is 0 Å². The monoisotopic (exact) mass is 512 g/mol. The standard InChI is InChI=1S/C31H32N2O3S/c1-23-19-24(2)31(25(3)20-23)37(35,36)33(21-26-13-7-4-8-14-26)22-29(34)32-30(27-15-9-5-10-16-27)28-17-11-6-12-18-28/h4-20,30H,21-22H2,1-3H3,(H,32,34). The molecule has 0 aliphatic carbocycles. The summed E-state index contributed by atoms with van der Waals surface area (Å²) in [6.07, 6.45) is 0. The van der Waals surface area contributed by atoms with Gasteiger partial charge in [-0.25, -0.2) is 8.42 Å². The van der Waals surface area contributed by atoms with Crippen LogP contribution < -0.4 is 5.32 Å². The molecule has 1 amide bonds. The number of rotatable bonds is 9. The second-order valence-electron chi connectivity index (χ2n) is 9.31. The van der Waals surface area contributed by atoms with E-state index in [9.17, 15) is 13.2 Å². The number of amides is 1. The number of aryl methyl sites for hydroxylation is 3. The zero-order valence-corrected chi connectivity index (χ0v) is 22.2. The van der Waals surface area contributed by atoms with Crippen LogP contribution in [0.2, 0.25) is 0 Å². The van der Waals surface area contributed by atoms with Crippen LogP contribution in [0.25, 0.3) is 0 Å². The molecular formula is C31H32N2O3S. The molecule has 0 aromatic heterocycles. The number of benzene rings is 4. The Balaban J connectivity index is 1.68. The highest BCUT2D eigenvalue weighted by Gasteiger charge is 2.30. The summed E-state index contributed by atoms with van der Waals surface area (Å²) >= 11 is 0. The number of carbonyl (C=O) groups excluding carboxylic acids is 1. The van der Waals surface area contributed by atoms with Gasteiger partial charge in [-0.05, 0) is 48.6 Å². The maximum atomic E-state index is 14.0. The lowest BCUT2D eigenvalue weighted by Crippen LogP contribution is -2.42. The second-order valence-corrected chi connectivity index (χ2v) is 11.2. The number of hydrogen-bond acceptors (Lipinski definition) is 3. The van der Waals surface area contributed by atoms with Gasteiger partial charge in [0.05, 0.1) is 17.5 Å². The molecule has 190 valence electrons. The van der Waals surface area contributed by atoms with Crippen molar-refractivity contribution in [3.05, 3.63) is 137 Å². The van der Waals surface area contributed by atoms with E-state index in [0.29, 0.717) is 11.1 Å². The predicted molar refractivity (Wildman–Crippen MR) is 148 cm³/mol. The molecule has 0 radical (unpaired) electrons. The first-order chi connectivity index (χ1) is 17.8. The molecule has 6 heteroatoms. The highest BCUT2D eigenvalue weighted by atomic mass is 32.2. The van der Waals surface area contributed by atoms with Crippen molar-refractivity contribution >= 4 is 15.9 Å². The van der Waals surface area contributed by atoms with Crippen LogP contribution >= 0.6 is 0 Å². The van der Waals surface area contributed by atoms with Crippen LogP contribution in [0.5, 0.6) is 0 Å². The van der Waals surface area contributed by atoms with Crippen LogP contribution in [0.4, 0.5) is 0 Å². The summed E-state index contributed by atoms with van der Waals surface area (Å²) in [5.74, 6) is -0.375. The Hall–Kier alpha value is -3.74. The van der Waals surface area contributed by atoms with E-state index in [1.54, 1.807) is 13.8 Å². The Labute approximate surface area is 219 Å². The molecular weight excluding hydrogens is 480 g/mol. The number of nitrogens with one attached hydrogen (secondary N) is 1. The van der Waals surface area contributed by atoms with Crippen LogP contribution in [-0.2, 0) is 21.4 Å². The molecule has 0 heterocycles. The van der Waals surface area contributed by atoms with Gasteiger partial charge in [-0.2, -0.15) is 4.31 Å². The van der Waals surface area contributed by atoms with Crippen molar-refractivity contribution in [2.45, 2.75) is 38.3 Å². The normalized spacial score (nSPS) is 11.6. The van der Waals surface area contributed by atoms with Gasteiger partial charge in [-0.3, -0.25) is 4.79 Å². The van der Waals surface area contributed by atoms with Gasteiger partial charge in [-0.1, -0.05) is 109 Å². The minimum absolute atomic E-state index is 0.0880. The van der Waals surface area contributed by atoms with Gasteiger partial charge in [0.15, 0.2) is 0 Å². The largest absolute Gasteiger partial charge is 0.344 e. The van der Waals surface area contributed by atoms with E-state index in [2.05, 4.69) is 5.32 Å². The molecule has 0 unspecified atom stereocenters. The summed E-state index contributed by atoms with van der Waals surface area (Å²) in [6.45, 7) is 5.33. The number of hydrogen-bond donors (Lipinski definition) is 1. The molecule has 5 nitrogen and oxygen atoms in total. The van der Waals surface area contributed by atoms with Crippen LogP contribution in [0.1, 0.15) is 39.4 Å². The first-order valence-corrected chi connectivity index (χ1v) is 13.7. The van der Waals surface area contributed by atoms with Crippen LogP contribution in [0, 0.1) is 20.8 Å². The van der Waals surface area contributed by atoms with Crippen LogP contribution in [-0.4, -0.2) is 25.2 Å². The Morgan fingerprint density at radius 3 is 1.70 bits per heavy atom. The Bertz CT molecular complexity index is 1390. The molecule has 1 N–H and O–H groups in total. The van der Waals surface area contributed by atoms with Gasteiger partial charge in [0.25, 0.3) is 0 Å². The lowest BCUT2D eigenvalue weighted by atomic mass is 9.99. The molecule has 37 heavy (non-hydrogen) atoms. The quantitative estimate of drug-likeness (QED) is 0.312. The molecule has 0 bridgehead atoms. The SMILES string of the molecule is Cc1cc(C)c(S(=O)(=O)N(CC(=O)NC(c2ccccc2)c2ccccc2)Cc2ccccc2)c(C)c1. The summed E-state index contributed by atoms with van der Waals surface area (Å²) in [5.41, 5.74) is 4.98. The maximum Gasteiger partial charge on any atom is 0.244 e. The second kappa shape index (κ2) is 11.5. The molecule has 4 aromatic carbocycles. The fourth-order valence-electron chi connectivity index (χ4n) is 4.73. The predicted octanol–water partition coefficient (Wildman–Crippen LogP) is 5.71. The van der Waals surface area contributed by atoms with Gasteiger partial charge >= 0.3 is 0 Å². The summed E-state index contributed by atoms with van der Waals surface area (Å²) in [5, 5.41) is 3.08. The van der Waals surface area contributed by atoms with E-state index in [1.807, 2.05) is 110 Å². The third kappa shape index (κ3) is 6.34. The minimum atomic E-state index is -3.96. The zero-order valence-electron chi connectivity index (χ0n) is 21.4. The van der Waals surface area contributed by atoms with Crippen molar-refractivity contribution in [2.75, 3.05) is 6.54 Å². The molecule has 0 spiro atoms. The van der Waals surface area contributed by atoms with E-state index in [1.165, 1.54) is 4.31 Å². The van der Waals surface area contributed by atoms with Crippen molar-refractivity contribution in [3.8, 4) is 0 Å². The zero-order chi connectivity index (χ0) is 26.4. The molecule has 0 aliphatic heterocycles. The summed E-state index contributed by atoms with van der Waals surface area (Å²) in [7, 11) is -3.96. The summed E-state index contributed by atoms with van der Waals surface area (Å²) < 4.78 is 29.3. The topological polar surface area (TPSA) is 66.5 Å². The number of nitrogens with zero attached hydrogens (tertiary/aromatic N) is 1. The Kier molecular flexibility index (Phi) is 8.21. The van der Waals surface area contributed by atoms with Crippen molar-refractivity contribution in [3.63, 3.8) is 0 Å². The molecule has 4 aromatic rings. The van der Waals surface area contributed by atoms with Crippen LogP contribution in [0.15, 0.2) is 108 Å². The molecule has 0 atom stereocenters. The molecule has 0 aliphatic rings. The van der Waals surface area contributed by atoms with E-state index in [4.69, 9.17) is 0 Å². The van der Waals surface area contributed by atoms with Gasteiger partial charge in [0, 0.05) is 6.54 Å². The first-order valence-electron chi connectivity index (χ1n) is 12.3. The number of sulfonamides is 1. The highest BCUT2D eigenvalue weighted by molar-refractivity contribution is 7.89. The van der Waals surface area contributed by atoms with Crippen molar-refractivity contribution in [2.24, 2.45) is 0 Å². The fourth-order valence-corrected chi connectivity index (χ4v) is 6.53. The third-order valence-corrected chi connectivity index (χ3v) is 8.39. The molecule has 0 fully saturated rings. The molecule has 0 saturated heterocycles. The molecule has 4 rings (SSSR count). The van der Waals surface area contributed by atoms with Gasteiger partial charge in [0.2, 0.25) is 15.9 Å². The van der Waals surface area contributed by atoms with Crippen molar-refractivity contribution in [1.29, 1.82) is 0 Å². The third-order valence-electron chi connectivity index (χ3n) is 6.30. The highest BCUT2D eigenvalue weighted by Crippen LogP contribution is 2.27. The lowest BCUT2D eigenvalue weighted by molar-refractivity contribution is -0.121. The fraction of sp³-hybridized carbons (Fsp3) is 0.194. The maximum absolute atomic E-state index is 14.0. The minimum Gasteiger partial charge on any atom is -0.344 e. The Morgan fingerprint density at radius 2 is 1.22 bits per heavy atom. The Morgan fingerprint density at radius 1 is 0.757 bits per heavy atom. The van der Waals surface area contributed by atoms with E-state index < -0.39 is 16.1 Å². The van der Waals surface area contributed by atoms with Crippen molar-refractivity contribution < 1.29 is 13.2 Å². The van der Waals surface area contributed by atoms with Gasteiger partial charge < -0.3 is 5.32 Å². The smallest absolute Gasteiger partial charge is 0.244 e. The average Bonchev–Trinajstić information content (AvgIpc) is 2.88. The van der Waals surface area contributed by atoms with Crippen molar-refractivity contribution in [1.82, 2.24) is 9.62 Å². The van der Waals surface area contributed by atoms with Gasteiger partial charge in [0.1, 0.15) is 0 Å².